The summed E-state index contributed by atoms with van der Waals surface area (Å²) in [6, 6.07) is 9.66. The number of aromatic nitrogens is 2. The van der Waals surface area contributed by atoms with Gasteiger partial charge in [-0.05, 0) is 24.3 Å². The van der Waals surface area contributed by atoms with Gasteiger partial charge in [-0.2, -0.15) is 26.3 Å². The third-order valence-corrected chi connectivity index (χ3v) is 5.23. The maximum atomic E-state index is 12.4. The minimum Gasteiger partial charge on any atom is -0.475 e. The van der Waals surface area contributed by atoms with Gasteiger partial charge in [0.25, 0.3) is 5.91 Å². The van der Waals surface area contributed by atoms with Crippen molar-refractivity contribution in [2.45, 2.75) is 24.5 Å². The summed E-state index contributed by atoms with van der Waals surface area (Å²) in [7, 11) is 0. The topological polar surface area (TPSA) is 142 Å². The number of carboxylic acid groups (broad SMARTS) is 2. The van der Waals surface area contributed by atoms with Gasteiger partial charge in [-0.25, -0.2) is 9.59 Å². The number of carbonyl (C=O) groups is 3. The number of hydrogen-bond donors (Lipinski definition) is 2. The van der Waals surface area contributed by atoms with Crippen LogP contribution in [0.5, 0.6) is 0 Å². The zero-order valence-electron chi connectivity index (χ0n) is 20.6. The van der Waals surface area contributed by atoms with Crippen molar-refractivity contribution in [3.8, 4) is 0 Å². The first-order chi connectivity index (χ1) is 18.6. The van der Waals surface area contributed by atoms with Crippen LogP contribution < -0.4 is 4.90 Å². The Kier molecular flexibility index (Phi) is 11.3. The van der Waals surface area contributed by atoms with Gasteiger partial charge in [0, 0.05) is 32.0 Å². The van der Waals surface area contributed by atoms with Gasteiger partial charge in [0.05, 0.1) is 37.3 Å². The van der Waals surface area contributed by atoms with Crippen molar-refractivity contribution in [2.24, 2.45) is 0 Å². The molecule has 1 unspecified atom stereocenters. The standard InChI is InChI=1S/C19H22N4O3.2C2HF3O2/c24-18-12-26-19(14-23(18)17-5-3-6-20-10-17)13-22(8-9-25-15-19)11-16-4-1-2-7-21-16;2*3-2(4,5)1(6)7/h1-7,10H,8-9,11-15H2;2*(H,6,7). The molecule has 2 aliphatic heterocycles. The van der Waals surface area contributed by atoms with Crippen molar-refractivity contribution in [3.05, 3.63) is 54.6 Å². The van der Waals surface area contributed by atoms with Crippen molar-refractivity contribution in [3.63, 3.8) is 0 Å². The third kappa shape index (κ3) is 10.4. The first kappa shape index (κ1) is 32.4. The van der Waals surface area contributed by atoms with E-state index in [1.54, 1.807) is 23.5 Å². The maximum Gasteiger partial charge on any atom is 0.490 e. The summed E-state index contributed by atoms with van der Waals surface area (Å²) in [5.74, 6) is -5.57. The number of halogens is 6. The highest BCUT2D eigenvalue weighted by atomic mass is 19.4. The molecule has 11 nitrogen and oxygen atoms in total. The minimum absolute atomic E-state index is 0.0513. The highest BCUT2D eigenvalue weighted by Crippen LogP contribution is 2.27. The number of morpholine rings is 1. The monoisotopic (exact) mass is 582 g/mol. The van der Waals surface area contributed by atoms with Crippen molar-refractivity contribution in [1.29, 1.82) is 0 Å². The van der Waals surface area contributed by atoms with Gasteiger partial charge < -0.3 is 24.6 Å². The van der Waals surface area contributed by atoms with Crippen LogP contribution >= 0.6 is 0 Å². The SMILES string of the molecule is O=C(O)C(F)(F)F.O=C(O)C(F)(F)F.O=C1COC2(COCCN(Cc3ccccn3)C2)CN1c1cccnc1. The molecule has 4 rings (SSSR count). The van der Waals surface area contributed by atoms with Crippen LogP contribution in [0.1, 0.15) is 5.69 Å². The summed E-state index contributed by atoms with van der Waals surface area (Å²) in [6.45, 7) is 3.84. The fourth-order valence-corrected chi connectivity index (χ4v) is 3.49. The summed E-state index contributed by atoms with van der Waals surface area (Å²) in [6.07, 6.45) is -4.95. The smallest absolute Gasteiger partial charge is 0.475 e. The number of aliphatic carboxylic acids is 2. The van der Waals surface area contributed by atoms with E-state index in [2.05, 4.69) is 14.9 Å². The molecule has 0 bridgehead atoms. The Morgan fingerprint density at radius 3 is 2.15 bits per heavy atom. The van der Waals surface area contributed by atoms with Crippen molar-refractivity contribution in [1.82, 2.24) is 14.9 Å². The summed E-state index contributed by atoms with van der Waals surface area (Å²) < 4.78 is 75.3. The normalized spacial score (nSPS) is 19.9. The molecule has 2 aromatic rings. The van der Waals surface area contributed by atoms with Gasteiger partial charge >= 0.3 is 24.3 Å². The van der Waals surface area contributed by atoms with E-state index in [0.717, 1.165) is 24.5 Å². The fourth-order valence-electron chi connectivity index (χ4n) is 3.49. The number of nitrogens with zero attached hydrogens (tertiary/aromatic N) is 4. The van der Waals surface area contributed by atoms with Crippen LogP contribution in [0.4, 0.5) is 32.0 Å². The van der Waals surface area contributed by atoms with Crippen LogP contribution in [0.25, 0.3) is 0 Å². The van der Waals surface area contributed by atoms with Crippen LogP contribution in [0.2, 0.25) is 0 Å². The zero-order chi connectivity index (χ0) is 30.0. The van der Waals surface area contributed by atoms with Crippen molar-refractivity contribution < 1.29 is 60.4 Å². The van der Waals surface area contributed by atoms with Gasteiger partial charge in [0.2, 0.25) is 0 Å². The Balaban J connectivity index is 0.000000333. The Labute approximate surface area is 222 Å². The van der Waals surface area contributed by atoms with E-state index in [-0.39, 0.29) is 12.5 Å². The van der Waals surface area contributed by atoms with Crippen LogP contribution in [-0.2, 0) is 30.4 Å². The Morgan fingerprint density at radius 1 is 0.975 bits per heavy atom. The highest BCUT2D eigenvalue weighted by Gasteiger charge is 2.43. The number of anilines is 1. The van der Waals surface area contributed by atoms with Gasteiger partial charge in [0.15, 0.2) is 0 Å². The molecule has 0 saturated carbocycles. The van der Waals surface area contributed by atoms with Crippen molar-refractivity contribution >= 4 is 23.5 Å². The molecule has 1 spiro atoms. The number of rotatable bonds is 3. The Morgan fingerprint density at radius 2 is 1.62 bits per heavy atom. The van der Waals surface area contributed by atoms with E-state index >= 15 is 0 Å². The third-order valence-electron chi connectivity index (χ3n) is 5.23. The molecule has 0 aliphatic carbocycles. The molecule has 17 heteroatoms. The highest BCUT2D eigenvalue weighted by molar-refractivity contribution is 5.95. The molecule has 1 amide bonds. The van der Waals surface area contributed by atoms with E-state index < -0.39 is 29.9 Å². The number of carbonyl (C=O) groups excluding carboxylic acids is 1. The minimum atomic E-state index is -5.08. The molecule has 2 aliphatic rings. The van der Waals surface area contributed by atoms with Crippen LogP contribution in [0.15, 0.2) is 48.9 Å². The second-order valence-electron chi connectivity index (χ2n) is 8.35. The maximum absolute atomic E-state index is 12.4. The number of pyridine rings is 2. The number of carboxylic acids is 2. The van der Waals surface area contributed by atoms with E-state index in [4.69, 9.17) is 29.3 Å². The molecule has 1 atom stereocenters. The molecule has 2 saturated heterocycles. The van der Waals surface area contributed by atoms with E-state index in [1.807, 2.05) is 30.3 Å². The van der Waals surface area contributed by atoms with E-state index in [0.29, 0.717) is 26.3 Å². The molecule has 0 radical (unpaired) electrons. The van der Waals surface area contributed by atoms with Gasteiger partial charge in [-0.1, -0.05) is 6.07 Å². The molecule has 2 aromatic heterocycles. The zero-order valence-corrected chi connectivity index (χ0v) is 20.6. The fraction of sp³-hybridized carbons (Fsp3) is 0.435. The quantitative estimate of drug-likeness (QED) is 0.518. The molecular weight excluding hydrogens is 558 g/mol. The number of amides is 1. The first-order valence-corrected chi connectivity index (χ1v) is 11.3. The van der Waals surface area contributed by atoms with Gasteiger partial charge in [0.1, 0.15) is 12.2 Å². The lowest BCUT2D eigenvalue weighted by atomic mass is 10.0. The molecule has 0 aromatic carbocycles. The number of alkyl halides is 6. The van der Waals surface area contributed by atoms with Crippen molar-refractivity contribution in [2.75, 3.05) is 44.4 Å². The van der Waals surface area contributed by atoms with Gasteiger partial charge in [-0.15, -0.1) is 0 Å². The predicted octanol–water partition coefficient (Wildman–Crippen LogP) is 2.38. The average Bonchev–Trinajstić information content (AvgIpc) is 3.08. The molecule has 2 fully saturated rings. The predicted molar refractivity (Wildman–Crippen MR) is 123 cm³/mol. The molecule has 2 N–H and O–H groups in total. The molecule has 40 heavy (non-hydrogen) atoms. The molecule has 4 heterocycles. The number of ether oxygens (including phenoxy) is 2. The average molecular weight is 582 g/mol. The van der Waals surface area contributed by atoms with Crippen LogP contribution in [0, 0.1) is 0 Å². The number of hydrogen-bond acceptors (Lipinski definition) is 8. The summed E-state index contributed by atoms with van der Waals surface area (Å²) in [5.41, 5.74) is 1.26. The first-order valence-electron chi connectivity index (χ1n) is 11.3. The Hall–Kier alpha value is -3.83. The van der Waals surface area contributed by atoms with Crippen LogP contribution in [-0.4, -0.2) is 100 Å². The lowest BCUT2D eigenvalue weighted by Gasteiger charge is -2.42. The molecule has 220 valence electrons. The van der Waals surface area contributed by atoms with Crippen LogP contribution in [0.3, 0.4) is 0 Å². The summed E-state index contributed by atoms with van der Waals surface area (Å²) in [4.78, 5) is 42.8. The van der Waals surface area contributed by atoms with E-state index in [9.17, 15) is 31.1 Å². The molecular formula is C23H24F6N4O7. The second kappa shape index (κ2) is 14.0. The second-order valence-corrected chi connectivity index (χ2v) is 8.35. The lowest BCUT2D eigenvalue weighted by molar-refractivity contribution is -0.193. The largest absolute Gasteiger partial charge is 0.490 e. The van der Waals surface area contributed by atoms with Gasteiger partial charge in [-0.3, -0.25) is 19.7 Å². The van der Waals surface area contributed by atoms with E-state index in [1.165, 1.54) is 0 Å². The summed E-state index contributed by atoms with van der Waals surface area (Å²) in [5, 5.41) is 14.2. The summed E-state index contributed by atoms with van der Waals surface area (Å²) >= 11 is 0. The lowest BCUT2D eigenvalue weighted by Crippen LogP contribution is -2.60. The Bertz CT molecular complexity index is 1100.